The molecule has 0 unspecified atom stereocenters. The molecule has 7 nitrogen and oxygen atoms in total. The summed E-state index contributed by atoms with van der Waals surface area (Å²) in [5, 5.41) is 2.70. The van der Waals surface area contributed by atoms with Crippen LogP contribution in [0.2, 0.25) is 0 Å². The summed E-state index contributed by atoms with van der Waals surface area (Å²) in [5.41, 5.74) is 0.904. The van der Waals surface area contributed by atoms with Gasteiger partial charge in [0.2, 0.25) is 10.0 Å². The zero-order valence-corrected chi connectivity index (χ0v) is 18.3. The second-order valence-corrected chi connectivity index (χ2v) is 9.30. The number of carbonyl (C=O) groups excluding carboxylic acids is 2. The Kier molecular flexibility index (Phi) is 6.71. The molecule has 3 rings (SSSR count). The van der Waals surface area contributed by atoms with Crippen LogP contribution >= 0.6 is 15.9 Å². The molecule has 0 aliphatic carbocycles. The van der Waals surface area contributed by atoms with E-state index in [0.717, 1.165) is 12.8 Å². The molecule has 2 aromatic rings. The van der Waals surface area contributed by atoms with E-state index in [2.05, 4.69) is 21.2 Å². The van der Waals surface area contributed by atoms with Crippen LogP contribution in [-0.2, 0) is 14.8 Å². The van der Waals surface area contributed by atoms with Gasteiger partial charge in [0.25, 0.3) is 5.91 Å². The number of ether oxygens (including phenoxy) is 1. The van der Waals surface area contributed by atoms with Crippen molar-refractivity contribution in [3.05, 3.63) is 58.1 Å². The lowest BCUT2D eigenvalue weighted by atomic mass is 10.1. The Balaban J connectivity index is 1.84. The maximum Gasteiger partial charge on any atom is 0.338 e. The first kappa shape index (κ1) is 21.5. The van der Waals surface area contributed by atoms with E-state index in [0.29, 0.717) is 28.8 Å². The van der Waals surface area contributed by atoms with Crippen LogP contribution in [0.15, 0.2) is 51.8 Å². The van der Waals surface area contributed by atoms with Gasteiger partial charge in [0.1, 0.15) is 0 Å². The maximum atomic E-state index is 12.8. The summed E-state index contributed by atoms with van der Waals surface area (Å²) in [6.45, 7) is 2.94. The molecule has 154 valence electrons. The first-order valence-electron chi connectivity index (χ1n) is 9.21. The molecule has 0 atom stereocenters. The van der Waals surface area contributed by atoms with Crippen LogP contribution in [0.25, 0.3) is 0 Å². The first-order valence-corrected chi connectivity index (χ1v) is 11.4. The van der Waals surface area contributed by atoms with Crippen LogP contribution in [0.4, 0.5) is 5.69 Å². The molecule has 1 fully saturated rings. The number of anilines is 1. The zero-order valence-electron chi connectivity index (χ0n) is 15.9. The highest BCUT2D eigenvalue weighted by Crippen LogP contribution is 2.26. The monoisotopic (exact) mass is 480 g/mol. The fourth-order valence-corrected chi connectivity index (χ4v) is 5.02. The SMILES string of the molecule is CCOC(=O)c1cccc(NC(=O)c2cc(S(=O)(=O)N3CCCC3)ccc2Br)c1. The van der Waals surface area contributed by atoms with Gasteiger partial charge in [-0.3, -0.25) is 4.79 Å². The Morgan fingerprint density at radius 1 is 1.14 bits per heavy atom. The number of carbonyl (C=O) groups is 2. The molecule has 1 aliphatic heterocycles. The predicted octanol–water partition coefficient (Wildman–Crippen LogP) is 3.66. The molecule has 0 saturated carbocycles. The second-order valence-electron chi connectivity index (χ2n) is 6.51. The van der Waals surface area contributed by atoms with Gasteiger partial charge < -0.3 is 10.1 Å². The minimum absolute atomic E-state index is 0.0769. The van der Waals surface area contributed by atoms with E-state index in [1.807, 2.05) is 0 Å². The van der Waals surface area contributed by atoms with Crippen molar-refractivity contribution >= 4 is 43.5 Å². The average molecular weight is 481 g/mol. The van der Waals surface area contributed by atoms with Crippen LogP contribution in [-0.4, -0.2) is 44.3 Å². The van der Waals surface area contributed by atoms with Gasteiger partial charge >= 0.3 is 5.97 Å². The third-order valence-electron chi connectivity index (χ3n) is 4.52. The smallest absolute Gasteiger partial charge is 0.338 e. The minimum Gasteiger partial charge on any atom is -0.462 e. The predicted molar refractivity (Wildman–Crippen MR) is 112 cm³/mol. The molecule has 1 aliphatic rings. The van der Waals surface area contributed by atoms with E-state index in [4.69, 9.17) is 4.74 Å². The quantitative estimate of drug-likeness (QED) is 0.636. The molecule has 2 aromatic carbocycles. The van der Waals surface area contributed by atoms with E-state index in [1.165, 1.54) is 22.5 Å². The Morgan fingerprint density at radius 2 is 1.86 bits per heavy atom. The molecule has 1 N–H and O–H groups in total. The third-order valence-corrected chi connectivity index (χ3v) is 7.10. The summed E-state index contributed by atoms with van der Waals surface area (Å²) in [6, 6.07) is 10.8. The number of hydrogen-bond donors (Lipinski definition) is 1. The second kappa shape index (κ2) is 9.06. The molecule has 0 spiro atoms. The van der Waals surface area contributed by atoms with Crippen molar-refractivity contribution in [3.8, 4) is 0 Å². The van der Waals surface area contributed by atoms with Gasteiger partial charge in [0.05, 0.1) is 22.6 Å². The number of benzene rings is 2. The Labute approximate surface area is 178 Å². The summed E-state index contributed by atoms with van der Waals surface area (Å²) in [5.74, 6) is -0.972. The van der Waals surface area contributed by atoms with Gasteiger partial charge in [0, 0.05) is 23.2 Å². The number of nitrogens with zero attached hydrogens (tertiary/aromatic N) is 1. The van der Waals surface area contributed by atoms with Gasteiger partial charge in [-0.1, -0.05) is 6.07 Å². The molecule has 9 heteroatoms. The van der Waals surface area contributed by atoms with Crippen molar-refractivity contribution in [1.29, 1.82) is 0 Å². The van der Waals surface area contributed by atoms with E-state index >= 15 is 0 Å². The molecule has 1 heterocycles. The number of halogens is 1. The van der Waals surface area contributed by atoms with Crippen LogP contribution in [0.1, 0.15) is 40.5 Å². The summed E-state index contributed by atoms with van der Waals surface area (Å²) in [6.07, 6.45) is 1.67. The highest BCUT2D eigenvalue weighted by Gasteiger charge is 2.28. The van der Waals surface area contributed by atoms with Gasteiger partial charge in [-0.15, -0.1) is 0 Å². The summed E-state index contributed by atoms with van der Waals surface area (Å²) < 4.78 is 32.4. The lowest BCUT2D eigenvalue weighted by Gasteiger charge is -2.16. The molecule has 0 bridgehead atoms. The van der Waals surface area contributed by atoms with Crippen molar-refractivity contribution in [3.63, 3.8) is 0 Å². The lowest BCUT2D eigenvalue weighted by molar-refractivity contribution is 0.0526. The van der Waals surface area contributed by atoms with Gasteiger partial charge in [-0.2, -0.15) is 4.31 Å². The van der Waals surface area contributed by atoms with Gasteiger partial charge in [-0.05, 0) is 72.1 Å². The summed E-state index contributed by atoms with van der Waals surface area (Å²) in [4.78, 5) is 24.7. The number of amides is 1. The molecule has 0 radical (unpaired) electrons. The maximum absolute atomic E-state index is 12.8. The van der Waals surface area contributed by atoms with Crippen molar-refractivity contribution < 1.29 is 22.7 Å². The number of sulfonamides is 1. The molecule has 0 aromatic heterocycles. The largest absolute Gasteiger partial charge is 0.462 e. The Morgan fingerprint density at radius 3 is 2.55 bits per heavy atom. The fourth-order valence-electron chi connectivity index (χ4n) is 3.05. The normalized spacial score (nSPS) is 14.6. The summed E-state index contributed by atoms with van der Waals surface area (Å²) in [7, 11) is -3.64. The Bertz CT molecular complexity index is 1030. The Hall–Kier alpha value is -2.23. The van der Waals surface area contributed by atoms with Crippen molar-refractivity contribution in [2.75, 3.05) is 25.0 Å². The zero-order chi connectivity index (χ0) is 21.0. The van der Waals surface area contributed by atoms with Crippen LogP contribution < -0.4 is 5.32 Å². The fraction of sp³-hybridized carbons (Fsp3) is 0.300. The molecule has 29 heavy (non-hydrogen) atoms. The highest BCUT2D eigenvalue weighted by atomic mass is 79.9. The number of nitrogens with one attached hydrogen (secondary N) is 1. The molecule has 1 amide bonds. The molecular formula is C20H21BrN2O5S. The van der Waals surface area contributed by atoms with Crippen LogP contribution in [0, 0.1) is 0 Å². The van der Waals surface area contributed by atoms with E-state index in [-0.39, 0.29) is 17.1 Å². The van der Waals surface area contributed by atoms with Crippen molar-refractivity contribution in [2.24, 2.45) is 0 Å². The van der Waals surface area contributed by atoms with E-state index in [9.17, 15) is 18.0 Å². The number of rotatable bonds is 6. The van der Waals surface area contributed by atoms with E-state index in [1.54, 1.807) is 31.2 Å². The third kappa shape index (κ3) is 4.85. The number of hydrogen-bond acceptors (Lipinski definition) is 5. The van der Waals surface area contributed by atoms with Crippen molar-refractivity contribution in [2.45, 2.75) is 24.7 Å². The van der Waals surface area contributed by atoms with Gasteiger partial charge in [-0.25, -0.2) is 13.2 Å². The molecular weight excluding hydrogens is 460 g/mol. The lowest BCUT2D eigenvalue weighted by Crippen LogP contribution is -2.28. The van der Waals surface area contributed by atoms with Crippen LogP contribution in [0.5, 0.6) is 0 Å². The first-order chi connectivity index (χ1) is 13.8. The standard InChI is InChI=1S/C20H21BrN2O5S/c1-2-28-20(25)14-6-5-7-15(12-14)22-19(24)17-13-16(8-9-18(17)21)29(26,27)23-10-3-4-11-23/h5-9,12-13H,2-4,10-11H2,1H3,(H,22,24). The summed E-state index contributed by atoms with van der Waals surface area (Å²) >= 11 is 3.31. The van der Waals surface area contributed by atoms with Gasteiger partial charge in [0.15, 0.2) is 0 Å². The topological polar surface area (TPSA) is 92.8 Å². The van der Waals surface area contributed by atoms with E-state index < -0.39 is 21.9 Å². The van der Waals surface area contributed by atoms with Crippen LogP contribution in [0.3, 0.4) is 0 Å². The van der Waals surface area contributed by atoms with Crippen molar-refractivity contribution in [1.82, 2.24) is 4.31 Å². The highest BCUT2D eigenvalue weighted by molar-refractivity contribution is 9.10. The number of esters is 1. The molecule has 1 saturated heterocycles. The average Bonchev–Trinajstić information content (AvgIpc) is 3.24. The minimum atomic E-state index is -3.64.